The van der Waals surface area contributed by atoms with Crippen molar-refractivity contribution in [3.05, 3.63) is 48.6 Å². The molecule has 6 nitrogen and oxygen atoms in total. The second-order valence-corrected chi connectivity index (χ2v) is 15.1. The summed E-state index contributed by atoms with van der Waals surface area (Å²) in [6, 6.07) is 9.41. The summed E-state index contributed by atoms with van der Waals surface area (Å²) in [5, 5.41) is 10.9. The average Bonchev–Trinajstić information content (AvgIpc) is 3.01. The van der Waals surface area contributed by atoms with Crippen LogP contribution < -0.4 is 0 Å². The Kier molecular flexibility index (Phi) is 7.18. The molecule has 0 aliphatic carbocycles. The lowest BCUT2D eigenvalue weighted by atomic mass is 10.0. The summed E-state index contributed by atoms with van der Waals surface area (Å²) in [5.41, 5.74) is 0.754. The van der Waals surface area contributed by atoms with E-state index < -0.39 is 38.7 Å². The van der Waals surface area contributed by atoms with E-state index >= 15 is 0 Å². The number of rotatable bonds is 7. The first-order valence-electron chi connectivity index (χ1n) is 11.0. The lowest BCUT2D eigenvalue weighted by molar-refractivity contribution is -0.265. The van der Waals surface area contributed by atoms with Gasteiger partial charge in [0.2, 0.25) is 0 Å². The number of benzene rings is 1. The van der Waals surface area contributed by atoms with Crippen LogP contribution in [0.4, 0.5) is 0 Å². The molecule has 1 aromatic rings. The molecule has 2 saturated heterocycles. The van der Waals surface area contributed by atoms with Crippen LogP contribution >= 0.6 is 0 Å². The van der Waals surface area contributed by atoms with Crippen LogP contribution in [0.1, 0.15) is 46.3 Å². The first-order valence-corrected chi connectivity index (χ1v) is 13.9. The molecule has 174 valence electrons. The fourth-order valence-electron chi connectivity index (χ4n) is 3.72. The van der Waals surface area contributed by atoms with E-state index in [0.717, 1.165) is 5.56 Å². The Morgan fingerprint density at radius 1 is 1.19 bits per heavy atom. The second kappa shape index (κ2) is 9.06. The molecule has 3 rings (SSSR count). The van der Waals surface area contributed by atoms with Gasteiger partial charge in [-0.2, -0.15) is 0 Å². The van der Waals surface area contributed by atoms with Crippen LogP contribution in [0.5, 0.6) is 0 Å². The van der Waals surface area contributed by atoms with Crippen molar-refractivity contribution in [1.82, 2.24) is 0 Å². The molecule has 7 heteroatoms. The van der Waals surface area contributed by atoms with Gasteiger partial charge in [0.15, 0.2) is 20.4 Å². The van der Waals surface area contributed by atoms with Crippen molar-refractivity contribution in [2.75, 3.05) is 6.61 Å². The number of fused-ring (bicyclic) bond motifs is 1. The maximum Gasteiger partial charge on any atom is 0.192 e. The molecule has 0 aromatic heterocycles. The highest BCUT2D eigenvalue weighted by atomic mass is 28.4. The summed E-state index contributed by atoms with van der Waals surface area (Å²) in [4.78, 5) is 0. The molecule has 1 N–H and O–H groups in total. The van der Waals surface area contributed by atoms with Crippen LogP contribution in [0.2, 0.25) is 18.1 Å². The quantitative estimate of drug-likeness (QED) is 0.485. The maximum atomic E-state index is 10.9. The van der Waals surface area contributed by atoms with Gasteiger partial charge in [-0.1, -0.05) is 57.2 Å². The van der Waals surface area contributed by atoms with E-state index in [0.29, 0.717) is 6.61 Å². The predicted octanol–water partition coefficient (Wildman–Crippen LogP) is 4.56. The lowest BCUT2D eigenvalue weighted by Crippen LogP contribution is -2.59. The van der Waals surface area contributed by atoms with Crippen molar-refractivity contribution in [2.24, 2.45) is 0 Å². The molecule has 0 saturated carbocycles. The largest absolute Gasteiger partial charge is 0.406 e. The van der Waals surface area contributed by atoms with Gasteiger partial charge in [-0.3, -0.25) is 0 Å². The zero-order valence-corrected chi connectivity index (χ0v) is 20.8. The summed E-state index contributed by atoms with van der Waals surface area (Å²) in [7, 11) is -2.18. The van der Waals surface area contributed by atoms with E-state index in [1.165, 1.54) is 0 Å². The number of ether oxygens (including phenoxy) is 4. The second-order valence-electron chi connectivity index (χ2n) is 10.4. The van der Waals surface area contributed by atoms with E-state index in [-0.39, 0.29) is 17.2 Å². The number of hydrogen-bond acceptors (Lipinski definition) is 6. The van der Waals surface area contributed by atoms with Crippen molar-refractivity contribution in [3.8, 4) is 0 Å². The van der Waals surface area contributed by atoms with Gasteiger partial charge in [0.25, 0.3) is 0 Å². The zero-order valence-electron chi connectivity index (χ0n) is 19.8. The maximum absolute atomic E-state index is 10.9. The lowest BCUT2D eigenvalue weighted by Gasteiger charge is -2.45. The molecule has 2 heterocycles. The fourth-order valence-corrected chi connectivity index (χ4v) is 5.00. The van der Waals surface area contributed by atoms with Gasteiger partial charge in [0.1, 0.15) is 30.5 Å². The predicted molar refractivity (Wildman–Crippen MR) is 122 cm³/mol. The van der Waals surface area contributed by atoms with Crippen LogP contribution in [-0.4, -0.2) is 56.5 Å². The Morgan fingerprint density at radius 2 is 1.84 bits per heavy atom. The smallest absolute Gasteiger partial charge is 0.192 e. The first kappa shape index (κ1) is 24.6. The molecule has 0 radical (unpaired) electrons. The van der Waals surface area contributed by atoms with E-state index in [2.05, 4.69) is 40.4 Å². The molecular formula is C24H38O6Si. The van der Waals surface area contributed by atoms with Crippen LogP contribution in [0.15, 0.2) is 43.0 Å². The minimum Gasteiger partial charge on any atom is -0.406 e. The topological polar surface area (TPSA) is 66.4 Å². The number of aliphatic hydroxyl groups is 1. The summed E-state index contributed by atoms with van der Waals surface area (Å²) < 4.78 is 31.4. The minimum atomic E-state index is -2.18. The van der Waals surface area contributed by atoms with Gasteiger partial charge in [-0.15, -0.1) is 6.58 Å². The molecular weight excluding hydrogens is 412 g/mol. The Labute approximate surface area is 187 Å². The van der Waals surface area contributed by atoms with E-state index in [4.69, 9.17) is 23.4 Å². The molecule has 0 bridgehead atoms. The Bertz CT molecular complexity index is 744. The van der Waals surface area contributed by atoms with Gasteiger partial charge in [-0.05, 0) is 37.5 Å². The number of hydrogen-bond donors (Lipinski definition) is 1. The van der Waals surface area contributed by atoms with Gasteiger partial charge in [0, 0.05) is 0 Å². The monoisotopic (exact) mass is 450 g/mol. The molecule has 2 aliphatic rings. The third-order valence-electron chi connectivity index (χ3n) is 6.45. The highest BCUT2D eigenvalue weighted by Gasteiger charge is 2.55. The minimum absolute atomic E-state index is 0.000857. The molecule has 6 atom stereocenters. The summed E-state index contributed by atoms with van der Waals surface area (Å²) >= 11 is 0. The van der Waals surface area contributed by atoms with Crippen molar-refractivity contribution >= 4 is 8.32 Å². The van der Waals surface area contributed by atoms with Crippen LogP contribution in [-0.2, 0) is 23.4 Å². The van der Waals surface area contributed by atoms with Crippen molar-refractivity contribution in [3.63, 3.8) is 0 Å². The summed E-state index contributed by atoms with van der Waals surface area (Å²) in [6.07, 6.45) is -1.67. The normalized spacial score (nSPS) is 30.5. The van der Waals surface area contributed by atoms with Crippen molar-refractivity contribution in [1.29, 1.82) is 0 Å². The molecule has 0 unspecified atom stereocenters. The Hall–Kier alpha value is -1.06. The molecule has 2 fully saturated rings. The highest BCUT2D eigenvalue weighted by Crippen LogP contribution is 2.42. The number of aliphatic hydroxyl groups excluding tert-OH is 1. The van der Waals surface area contributed by atoms with Gasteiger partial charge in [-0.25, -0.2) is 0 Å². The van der Waals surface area contributed by atoms with Crippen molar-refractivity contribution in [2.45, 2.75) is 95.3 Å². The van der Waals surface area contributed by atoms with Crippen LogP contribution in [0, 0.1) is 0 Å². The van der Waals surface area contributed by atoms with E-state index in [1.807, 2.05) is 44.2 Å². The Morgan fingerprint density at radius 3 is 2.42 bits per heavy atom. The van der Waals surface area contributed by atoms with E-state index in [9.17, 15) is 5.11 Å². The summed E-state index contributed by atoms with van der Waals surface area (Å²) in [6.45, 7) is 19.0. The van der Waals surface area contributed by atoms with Crippen LogP contribution in [0.3, 0.4) is 0 Å². The first-order chi connectivity index (χ1) is 14.3. The van der Waals surface area contributed by atoms with Gasteiger partial charge < -0.3 is 28.5 Å². The van der Waals surface area contributed by atoms with Crippen molar-refractivity contribution < 1.29 is 28.5 Å². The van der Waals surface area contributed by atoms with Gasteiger partial charge >= 0.3 is 0 Å². The van der Waals surface area contributed by atoms with Crippen LogP contribution in [0.25, 0.3) is 0 Å². The van der Waals surface area contributed by atoms with E-state index in [1.54, 1.807) is 6.08 Å². The molecule has 31 heavy (non-hydrogen) atoms. The molecule has 2 aliphatic heterocycles. The Balaban J connectivity index is 1.85. The molecule has 1 aromatic carbocycles. The zero-order chi connectivity index (χ0) is 23.0. The molecule has 0 spiro atoms. The average molecular weight is 451 g/mol. The van der Waals surface area contributed by atoms with Gasteiger partial charge in [0.05, 0.1) is 6.61 Å². The molecule has 0 amide bonds. The highest BCUT2D eigenvalue weighted by molar-refractivity contribution is 6.74. The SMILES string of the molecule is C=C[C@@H](O[C@@H]1OC[C@H]2OC(C)(C)O[C@H]2[C@@H]1O[Si](C)(C)C(C)(C)C)[C@H](O)c1ccccc1. The standard InChI is InChI=1S/C24H38O6Si/c1-9-17(19(25)16-13-11-10-12-14-16)27-22-21(30-31(7,8)23(2,3)4)20-18(15-26-22)28-24(5,6)29-20/h9-14,17-22,25H,1,15H2,2-8H3/t17-,18-,19-,20-,21+,22+/m1/s1. The third-order valence-corrected chi connectivity index (χ3v) is 10.9. The summed E-state index contributed by atoms with van der Waals surface area (Å²) in [5.74, 6) is -0.718. The fraction of sp³-hybridized carbons (Fsp3) is 0.667. The third kappa shape index (κ3) is 5.47.